The number of hydrogen-bond acceptors (Lipinski definition) is 4. The SMILES string of the molecule is CCCCC(CC)CCOC(=O)CCCCC(=O)OCCC(CCC)CCC. The summed E-state index contributed by atoms with van der Waals surface area (Å²) in [5, 5.41) is 0. The average Bonchev–Trinajstić information content (AvgIpc) is 2.68. The standard InChI is InChI=1S/C24H46O4/c1-5-9-14-21(8-4)17-19-27-23(25)15-10-11-16-24(26)28-20-18-22(12-6-2)13-7-3/h21-22H,5-20H2,1-4H3. The van der Waals surface area contributed by atoms with E-state index in [1.54, 1.807) is 0 Å². The molecule has 0 spiro atoms. The van der Waals surface area contributed by atoms with Crippen LogP contribution >= 0.6 is 0 Å². The molecule has 0 aromatic carbocycles. The fraction of sp³-hybridized carbons (Fsp3) is 0.917. The van der Waals surface area contributed by atoms with Crippen LogP contribution in [-0.2, 0) is 19.1 Å². The lowest BCUT2D eigenvalue weighted by atomic mass is 9.95. The molecule has 28 heavy (non-hydrogen) atoms. The van der Waals surface area contributed by atoms with Crippen molar-refractivity contribution >= 4 is 11.9 Å². The monoisotopic (exact) mass is 398 g/mol. The molecule has 0 N–H and O–H groups in total. The molecule has 0 amide bonds. The molecule has 166 valence electrons. The molecule has 0 aliphatic rings. The van der Waals surface area contributed by atoms with Gasteiger partial charge in [-0.05, 0) is 37.5 Å². The van der Waals surface area contributed by atoms with Gasteiger partial charge in [-0.25, -0.2) is 0 Å². The van der Waals surface area contributed by atoms with Crippen LogP contribution in [-0.4, -0.2) is 25.2 Å². The van der Waals surface area contributed by atoms with Crippen LogP contribution in [0.15, 0.2) is 0 Å². The molecule has 0 saturated carbocycles. The molecule has 0 radical (unpaired) electrons. The zero-order valence-corrected chi connectivity index (χ0v) is 19.1. The zero-order valence-electron chi connectivity index (χ0n) is 19.1. The highest BCUT2D eigenvalue weighted by Crippen LogP contribution is 2.18. The molecule has 0 aromatic heterocycles. The van der Waals surface area contributed by atoms with Gasteiger partial charge in [-0.15, -0.1) is 0 Å². The van der Waals surface area contributed by atoms with Gasteiger partial charge >= 0.3 is 11.9 Å². The maximum absolute atomic E-state index is 11.8. The lowest BCUT2D eigenvalue weighted by Gasteiger charge is -2.15. The topological polar surface area (TPSA) is 52.6 Å². The number of carbonyl (C=O) groups is 2. The quantitative estimate of drug-likeness (QED) is 0.176. The number of unbranched alkanes of at least 4 members (excludes halogenated alkanes) is 2. The van der Waals surface area contributed by atoms with E-state index >= 15 is 0 Å². The third-order valence-electron chi connectivity index (χ3n) is 5.53. The summed E-state index contributed by atoms with van der Waals surface area (Å²) < 4.78 is 10.7. The first-order valence-corrected chi connectivity index (χ1v) is 11.9. The van der Waals surface area contributed by atoms with Crippen LogP contribution in [0.1, 0.15) is 118 Å². The number of carbonyl (C=O) groups excluding carboxylic acids is 2. The van der Waals surface area contributed by atoms with E-state index in [0.717, 1.165) is 19.3 Å². The van der Waals surface area contributed by atoms with Gasteiger partial charge < -0.3 is 9.47 Å². The predicted octanol–water partition coefficient (Wildman–Crippen LogP) is 6.85. The summed E-state index contributed by atoms with van der Waals surface area (Å²) in [6.07, 6.45) is 13.8. The van der Waals surface area contributed by atoms with Crippen LogP contribution in [0.25, 0.3) is 0 Å². The Kier molecular flexibility index (Phi) is 18.5. The molecule has 1 atom stereocenters. The van der Waals surface area contributed by atoms with Gasteiger partial charge in [-0.1, -0.05) is 79.1 Å². The van der Waals surface area contributed by atoms with Crippen molar-refractivity contribution in [2.24, 2.45) is 11.8 Å². The molecule has 0 aliphatic carbocycles. The predicted molar refractivity (Wildman–Crippen MR) is 116 cm³/mol. The van der Waals surface area contributed by atoms with Crippen molar-refractivity contribution in [3.63, 3.8) is 0 Å². The van der Waals surface area contributed by atoms with Gasteiger partial charge in [0.15, 0.2) is 0 Å². The molecule has 0 bridgehead atoms. The first-order chi connectivity index (χ1) is 13.6. The highest BCUT2D eigenvalue weighted by Gasteiger charge is 2.11. The van der Waals surface area contributed by atoms with E-state index in [1.807, 2.05) is 0 Å². The van der Waals surface area contributed by atoms with Gasteiger partial charge in [0.05, 0.1) is 13.2 Å². The fourth-order valence-corrected chi connectivity index (χ4v) is 3.66. The minimum absolute atomic E-state index is 0.137. The highest BCUT2D eigenvalue weighted by atomic mass is 16.5. The van der Waals surface area contributed by atoms with Crippen molar-refractivity contribution in [3.05, 3.63) is 0 Å². The molecule has 0 fully saturated rings. The Hall–Kier alpha value is -1.06. The third kappa shape index (κ3) is 15.9. The average molecular weight is 399 g/mol. The molecule has 0 aliphatic heterocycles. The highest BCUT2D eigenvalue weighted by molar-refractivity contribution is 5.70. The van der Waals surface area contributed by atoms with Gasteiger partial charge in [0.2, 0.25) is 0 Å². The second-order valence-electron chi connectivity index (χ2n) is 8.09. The Bertz CT molecular complexity index is 375. The Morgan fingerprint density at radius 2 is 1.11 bits per heavy atom. The molecule has 0 saturated heterocycles. The van der Waals surface area contributed by atoms with Gasteiger partial charge in [-0.2, -0.15) is 0 Å². The van der Waals surface area contributed by atoms with Crippen LogP contribution in [0, 0.1) is 11.8 Å². The van der Waals surface area contributed by atoms with Crippen molar-refractivity contribution in [2.45, 2.75) is 118 Å². The third-order valence-corrected chi connectivity index (χ3v) is 5.53. The van der Waals surface area contributed by atoms with E-state index in [4.69, 9.17) is 9.47 Å². The van der Waals surface area contributed by atoms with E-state index < -0.39 is 0 Å². The maximum Gasteiger partial charge on any atom is 0.305 e. The Labute approximate surface area is 174 Å². The molecule has 0 aromatic rings. The van der Waals surface area contributed by atoms with E-state index in [1.165, 1.54) is 44.9 Å². The summed E-state index contributed by atoms with van der Waals surface area (Å²) in [5.41, 5.74) is 0. The van der Waals surface area contributed by atoms with E-state index in [2.05, 4.69) is 27.7 Å². The van der Waals surface area contributed by atoms with Crippen molar-refractivity contribution in [1.82, 2.24) is 0 Å². The summed E-state index contributed by atoms with van der Waals surface area (Å²) in [4.78, 5) is 23.6. The summed E-state index contributed by atoms with van der Waals surface area (Å²) in [6, 6.07) is 0. The second-order valence-corrected chi connectivity index (χ2v) is 8.09. The lowest BCUT2D eigenvalue weighted by Crippen LogP contribution is -2.11. The van der Waals surface area contributed by atoms with Gasteiger partial charge in [-0.3, -0.25) is 9.59 Å². The molecular formula is C24H46O4. The van der Waals surface area contributed by atoms with Crippen molar-refractivity contribution < 1.29 is 19.1 Å². The molecule has 0 heterocycles. The molecule has 0 rings (SSSR count). The minimum atomic E-state index is -0.138. The zero-order chi connectivity index (χ0) is 21.0. The second kappa shape index (κ2) is 19.3. The number of esters is 2. The number of ether oxygens (including phenoxy) is 2. The van der Waals surface area contributed by atoms with Gasteiger partial charge in [0.1, 0.15) is 0 Å². The molecular weight excluding hydrogens is 352 g/mol. The number of hydrogen-bond donors (Lipinski definition) is 0. The van der Waals surface area contributed by atoms with E-state index in [0.29, 0.717) is 50.7 Å². The largest absolute Gasteiger partial charge is 0.466 e. The molecule has 4 heteroatoms. The van der Waals surface area contributed by atoms with Crippen molar-refractivity contribution in [2.75, 3.05) is 13.2 Å². The van der Waals surface area contributed by atoms with Crippen LogP contribution in [0.3, 0.4) is 0 Å². The van der Waals surface area contributed by atoms with Gasteiger partial charge in [0, 0.05) is 12.8 Å². The van der Waals surface area contributed by atoms with E-state index in [-0.39, 0.29) is 11.9 Å². The van der Waals surface area contributed by atoms with Crippen LogP contribution < -0.4 is 0 Å². The normalized spacial score (nSPS) is 12.2. The lowest BCUT2D eigenvalue weighted by molar-refractivity contribution is -0.146. The van der Waals surface area contributed by atoms with Crippen molar-refractivity contribution in [1.29, 1.82) is 0 Å². The molecule has 4 nitrogen and oxygen atoms in total. The van der Waals surface area contributed by atoms with Crippen LogP contribution in [0.4, 0.5) is 0 Å². The minimum Gasteiger partial charge on any atom is -0.466 e. The Morgan fingerprint density at radius 1 is 0.607 bits per heavy atom. The fourth-order valence-electron chi connectivity index (χ4n) is 3.66. The van der Waals surface area contributed by atoms with Crippen molar-refractivity contribution in [3.8, 4) is 0 Å². The summed E-state index contributed by atoms with van der Waals surface area (Å²) in [7, 11) is 0. The van der Waals surface area contributed by atoms with E-state index in [9.17, 15) is 9.59 Å². The smallest absolute Gasteiger partial charge is 0.305 e. The van der Waals surface area contributed by atoms with Crippen LogP contribution in [0.2, 0.25) is 0 Å². The number of rotatable bonds is 19. The molecule has 1 unspecified atom stereocenters. The summed E-state index contributed by atoms with van der Waals surface area (Å²) >= 11 is 0. The summed E-state index contributed by atoms with van der Waals surface area (Å²) in [5.74, 6) is 1.06. The Balaban J connectivity index is 3.68. The first-order valence-electron chi connectivity index (χ1n) is 11.9. The van der Waals surface area contributed by atoms with Gasteiger partial charge in [0.25, 0.3) is 0 Å². The first kappa shape index (κ1) is 26.9. The summed E-state index contributed by atoms with van der Waals surface area (Å²) in [6.45, 7) is 9.87. The maximum atomic E-state index is 11.8. The van der Waals surface area contributed by atoms with Crippen LogP contribution in [0.5, 0.6) is 0 Å². The Morgan fingerprint density at radius 3 is 1.54 bits per heavy atom.